The van der Waals surface area contributed by atoms with Gasteiger partial charge in [0.1, 0.15) is 21.4 Å². The fourth-order valence-electron chi connectivity index (χ4n) is 5.34. The van der Waals surface area contributed by atoms with Gasteiger partial charge in [0.15, 0.2) is 29.2 Å². The second-order valence-electron chi connectivity index (χ2n) is 12.6. The van der Waals surface area contributed by atoms with Crippen LogP contribution in [-0.2, 0) is 41.9 Å². The Bertz CT molecular complexity index is 2540. The lowest BCUT2D eigenvalue weighted by atomic mass is 10.0. The summed E-state index contributed by atoms with van der Waals surface area (Å²) in [7, 11) is -10.3. The minimum absolute atomic E-state index is 0.0733. The lowest BCUT2D eigenvalue weighted by molar-refractivity contribution is -0.137. The highest BCUT2D eigenvalue weighted by Crippen LogP contribution is 2.36. The van der Waals surface area contributed by atoms with Gasteiger partial charge in [-0.05, 0) is 86.6 Å². The Balaban J connectivity index is 1.57. The minimum Gasteiger partial charge on any atom is -0.353 e. The van der Waals surface area contributed by atoms with Crippen LogP contribution >= 0.6 is 46.1 Å². The number of carbonyl (C=O) groups is 2. The highest BCUT2D eigenvalue weighted by atomic mass is 35.5. The van der Waals surface area contributed by atoms with E-state index in [1.165, 1.54) is 0 Å². The van der Waals surface area contributed by atoms with Gasteiger partial charge in [-0.1, -0.05) is 46.9 Å². The highest BCUT2D eigenvalue weighted by Gasteiger charge is 2.53. The molecule has 0 radical (unpaired) electrons. The van der Waals surface area contributed by atoms with Crippen LogP contribution in [0.15, 0.2) is 100 Å². The molecule has 1 heterocycles. The number of thiazole rings is 1. The molecule has 20 heteroatoms. The molecule has 5 aromatic rings. The molecule has 0 saturated heterocycles. The predicted octanol–water partition coefficient (Wildman–Crippen LogP) is 8.83. The summed E-state index contributed by atoms with van der Waals surface area (Å²) in [4.78, 5) is 30.7. The summed E-state index contributed by atoms with van der Waals surface area (Å²) < 4.78 is 121. The molecule has 0 aliphatic carbocycles. The number of anilines is 1. The standard InChI is InChI=1S/C36H27Cl3F5N3O6S3/c1-34(55(50,51)29-13-9-23(38)15-26(29)40,17-31-47-28(18-54-31)20-3-7-22(37)8-4-20)32(48)45-19-35(2,56(52,53)30-14-10-24(39)16-27(30)41)33(49)46-25-11-5-21(6-12-25)36(42,43)44/h3-16,18H,17,19H2,1-2H3,(H,45,48)(H,46,49). The first-order chi connectivity index (χ1) is 26.0. The number of amides is 2. The van der Waals surface area contributed by atoms with Gasteiger partial charge in [0.2, 0.25) is 11.8 Å². The van der Waals surface area contributed by atoms with E-state index in [1.54, 1.807) is 29.6 Å². The molecule has 2 amide bonds. The lowest BCUT2D eigenvalue weighted by Crippen LogP contribution is -2.59. The molecule has 4 aromatic carbocycles. The van der Waals surface area contributed by atoms with Crippen molar-refractivity contribution in [2.45, 2.75) is 45.7 Å². The Kier molecular flexibility index (Phi) is 12.3. The van der Waals surface area contributed by atoms with Crippen LogP contribution in [0.3, 0.4) is 0 Å². The third-order valence-corrected chi connectivity index (χ3v) is 15.2. The first kappa shape index (κ1) is 43.0. The zero-order valence-corrected chi connectivity index (χ0v) is 33.4. The second-order valence-corrected chi connectivity index (χ2v) is 19.6. The van der Waals surface area contributed by atoms with Crippen molar-refractivity contribution in [3.05, 3.63) is 128 Å². The average Bonchev–Trinajstić information content (AvgIpc) is 3.58. The molecule has 56 heavy (non-hydrogen) atoms. The molecule has 9 nitrogen and oxygen atoms in total. The van der Waals surface area contributed by atoms with E-state index in [0.29, 0.717) is 40.5 Å². The smallest absolute Gasteiger partial charge is 0.353 e. The van der Waals surface area contributed by atoms with Crippen molar-refractivity contribution in [3.63, 3.8) is 0 Å². The molecule has 5 rings (SSSR count). The molecule has 0 spiro atoms. The summed E-state index contributed by atoms with van der Waals surface area (Å²) in [6.45, 7) is 0.507. The number of carbonyl (C=O) groups excluding carboxylic acids is 2. The van der Waals surface area contributed by atoms with E-state index in [9.17, 15) is 39.6 Å². The van der Waals surface area contributed by atoms with Crippen molar-refractivity contribution in [1.82, 2.24) is 10.3 Å². The van der Waals surface area contributed by atoms with Crippen LogP contribution in [0.2, 0.25) is 15.1 Å². The molecular weight excluding hydrogens is 868 g/mol. The normalized spacial score (nSPS) is 14.4. The van der Waals surface area contributed by atoms with Gasteiger partial charge >= 0.3 is 6.18 Å². The van der Waals surface area contributed by atoms with E-state index in [0.717, 1.165) is 61.6 Å². The Morgan fingerprint density at radius 3 is 1.71 bits per heavy atom. The molecule has 2 unspecified atom stereocenters. The maximum Gasteiger partial charge on any atom is 0.416 e. The number of hydrogen-bond acceptors (Lipinski definition) is 8. The monoisotopic (exact) mass is 893 g/mol. The Morgan fingerprint density at radius 1 is 0.714 bits per heavy atom. The molecule has 1 aromatic heterocycles. The summed E-state index contributed by atoms with van der Waals surface area (Å²) in [6, 6.07) is 14.4. The van der Waals surface area contributed by atoms with Gasteiger partial charge in [-0.25, -0.2) is 30.6 Å². The first-order valence-electron chi connectivity index (χ1n) is 15.9. The average molecular weight is 895 g/mol. The molecule has 2 atom stereocenters. The van der Waals surface area contributed by atoms with Gasteiger partial charge in [-0.15, -0.1) is 11.3 Å². The molecular formula is C36H27Cl3F5N3O6S3. The van der Waals surface area contributed by atoms with Gasteiger partial charge in [0.05, 0.1) is 16.3 Å². The summed E-state index contributed by atoms with van der Waals surface area (Å²) in [6.07, 6.45) is -5.44. The zero-order chi connectivity index (χ0) is 41.4. The van der Waals surface area contributed by atoms with Crippen molar-refractivity contribution in [1.29, 1.82) is 0 Å². The van der Waals surface area contributed by atoms with Crippen LogP contribution in [0.5, 0.6) is 0 Å². The van der Waals surface area contributed by atoms with Crippen molar-refractivity contribution >= 4 is 83.3 Å². The molecule has 0 aliphatic heterocycles. The number of benzene rings is 4. The van der Waals surface area contributed by atoms with Crippen LogP contribution in [0.4, 0.5) is 27.6 Å². The van der Waals surface area contributed by atoms with Gasteiger partial charge in [0.25, 0.3) is 0 Å². The van der Waals surface area contributed by atoms with E-state index < -0.39 is 87.1 Å². The third-order valence-electron chi connectivity index (χ3n) is 8.75. The van der Waals surface area contributed by atoms with Crippen LogP contribution in [0, 0.1) is 11.6 Å². The third kappa shape index (κ3) is 8.57. The molecule has 2 N–H and O–H groups in total. The zero-order valence-electron chi connectivity index (χ0n) is 28.7. The summed E-state index contributed by atoms with van der Waals surface area (Å²) in [5.74, 6) is -5.56. The molecule has 0 fully saturated rings. The maximum atomic E-state index is 15.3. The Hall–Kier alpha value is -4.13. The van der Waals surface area contributed by atoms with Crippen molar-refractivity contribution in [2.75, 3.05) is 11.9 Å². The molecule has 0 aliphatic rings. The number of hydrogen-bond donors (Lipinski definition) is 2. The van der Waals surface area contributed by atoms with Gasteiger partial charge in [-0.3, -0.25) is 9.59 Å². The van der Waals surface area contributed by atoms with E-state index in [4.69, 9.17) is 34.8 Å². The SMILES string of the molecule is CC(Cc1nc(-c2ccc(Cl)cc2)cs1)(C(=O)NCC(C)(C(=O)Nc1ccc(C(F)(F)F)cc1)S(=O)(=O)c1ccc(Cl)cc1F)S(=O)(=O)c1ccc(Cl)cc1F. The largest absolute Gasteiger partial charge is 0.416 e. The van der Waals surface area contributed by atoms with Crippen LogP contribution < -0.4 is 10.6 Å². The first-order valence-corrected chi connectivity index (χ1v) is 20.8. The summed E-state index contributed by atoms with van der Waals surface area (Å²) in [5.41, 5.74) is -0.426. The van der Waals surface area contributed by atoms with Crippen LogP contribution in [0.25, 0.3) is 11.3 Å². The number of sulfone groups is 2. The van der Waals surface area contributed by atoms with Crippen LogP contribution in [-0.4, -0.2) is 49.7 Å². The minimum atomic E-state index is -5.21. The number of alkyl halides is 3. The Morgan fingerprint density at radius 2 is 1.21 bits per heavy atom. The fourth-order valence-corrected chi connectivity index (χ4v) is 10.1. The van der Waals surface area contributed by atoms with Crippen molar-refractivity contribution < 1.29 is 48.4 Å². The quantitative estimate of drug-likeness (QED) is 0.119. The number of halogens is 8. The lowest BCUT2D eigenvalue weighted by Gasteiger charge is -2.32. The summed E-state index contributed by atoms with van der Waals surface area (Å²) in [5, 5.41) is 6.09. The highest BCUT2D eigenvalue weighted by molar-refractivity contribution is 7.94. The van der Waals surface area contributed by atoms with E-state index >= 15 is 8.78 Å². The van der Waals surface area contributed by atoms with E-state index in [-0.39, 0.29) is 20.7 Å². The van der Waals surface area contributed by atoms with Crippen molar-refractivity contribution in [2.24, 2.45) is 0 Å². The molecule has 296 valence electrons. The topological polar surface area (TPSA) is 139 Å². The van der Waals surface area contributed by atoms with E-state index in [2.05, 4.69) is 15.6 Å². The number of rotatable bonds is 12. The van der Waals surface area contributed by atoms with Crippen molar-refractivity contribution in [3.8, 4) is 11.3 Å². The number of nitrogens with zero attached hydrogens (tertiary/aromatic N) is 1. The van der Waals surface area contributed by atoms with Gasteiger partial charge in [0, 0.05) is 44.7 Å². The predicted molar refractivity (Wildman–Crippen MR) is 203 cm³/mol. The number of nitrogens with one attached hydrogen (secondary N) is 2. The number of aromatic nitrogens is 1. The summed E-state index contributed by atoms with van der Waals surface area (Å²) >= 11 is 18.6. The Labute approximate surface area is 336 Å². The fraction of sp³-hybridized carbons (Fsp3) is 0.194. The van der Waals surface area contributed by atoms with Crippen LogP contribution in [0.1, 0.15) is 24.4 Å². The second kappa shape index (κ2) is 16.0. The van der Waals surface area contributed by atoms with Gasteiger partial charge < -0.3 is 10.6 Å². The van der Waals surface area contributed by atoms with E-state index in [1.807, 2.05) is 0 Å². The molecule has 0 saturated carbocycles. The molecule has 0 bridgehead atoms. The van der Waals surface area contributed by atoms with Gasteiger partial charge in [-0.2, -0.15) is 13.2 Å². The maximum absolute atomic E-state index is 15.3.